The summed E-state index contributed by atoms with van der Waals surface area (Å²) in [6, 6.07) is 16.9. The summed E-state index contributed by atoms with van der Waals surface area (Å²) in [5.74, 6) is 0.396. The number of hydrogen-bond donors (Lipinski definition) is 2. The number of nitrogens with one attached hydrogen (secondary N) is 1. The molecule has 0 aliphatic heterocycles. The lowest BCUT2D eigenvalue weighted by Gasteiger charge is -2.01. The van der Waals surface area contributed by atoms with Crippen LogP contribution < -0.4 is 10.6 Å². The summed E-state index contributed by atoms with van der Waals surface area (Å²) in [5.41, 5.74) is 5.63. The monoisotopic (exact) mass is 438 g/mol. The number of anilines is 1. The van der Waals surface area contributed by atoms with Gasteiger partial charge in [-0.2, -0.15) is 10.2 Å². The minimum Gasteiger partial charge on any atom is -0.267 e. The zero-order valence-corrected chi connectivity index (χ0v) is 17.3. The van der Waals surface area contributed by atoms with Gasteiger partial charge >= 0.3 is 0 Å². The molecule has 10 heteroatoms. The molecule has 4 rings (SSSR count). The largest absolute Gasteiger partial charge is 0.267 e. The first-order valence-electron chi connectivity index (χ1n) is 8.92. The maximum atomic E-state index is 11.3. The van der Waals surface area contributed by atoms with E-state index in [1.54, 1.807) is 17.6 Å². The minimum absolute atomic E-state index is 0.0563. The number of sulfonamides is 1. The quantitative estimate of drug-likeness (QED) is 0.340. The number of thiophene rings is 1. The van der Waals surface area contributed by atoms with Crippen molar-refractivity contribution in [1.82, 2.24) is 14.8 Å². The average Bonchev–Trinajstić information content (AvgIpc) is 3.38. The van der Waals surface area contributed by atoms with Gasteiger partial charge < -0.3 is 0 Å². The summed E-state index contributed by atoms with van der Waals surface area (Å²) in [6.45, 7) is 0.650. The molecule has 0 saturated heterocycles. The van der Waals surface area contributed by atoms with Crippen molar-refractivity contribution in [3.63, 3.8) is 0 Å². The van der Waals surface area contributed by atoms with Crippen molar-refractivity contribution in [3.8, 4) is 10.6 Å². The lowest BCUT2D eigenvalue weighted by atomic mass is 10.2. The molecule has 1 aromatic carbocycles. The molecule has 3 aromatic heterocycles. The topological polar surface area (TPSA) is 115 Å². The molecule has 3 heterocycles. The van der Waals surface area contributed by atoms with Gasteiger partial charge in [-0.3, -0.25) is 10.1 Å². The lowest BCUT2D eigenvalue weighted by Crippen LogP contribution is -2.12. The molecule has 152 valence electrons. The Morgan fingerprint density at radius 2 is 1.97 bits per heavy atom. The van der Waals surface area contributed by atoms with Gasteiger partial charge in [0.2, 0.25) is 10.0 Å². The highest BCUT2D eigenvalue weighted by molar-refractivity contribution is 7.89. The van der Waals surface area contributed by atoms with Crippen LogP contribution in [0.1, 0.15) is 11.1 Å². The summed E-state index contributed by atoms with van der Waals surface area (Å²) in [6.07, 6.45) is 4.78. The van der Waals surface area contributed by atoms with E-state index in [2.05, 4.69) is 27.6 Å². The Morgan fingerprint density at radius 3 is 2.63 bits per heavy atom. The van der Waals surface area contributed by atoms with Crippen LogP contribution in [0.4, 0.5) is 5.82 Å². The van der Waals surface area contributed by atoms with Gasteiger partial charge in [0.1, 0.15) is 16.4 Å². The number of rotatable bonds is 7. The normalized spacial score (nSPS) is 11.8. The van der Waals surface area contributed by atoms with Crippen LogP contribution in [0.25, 0.3) is 10.6 Å². The molecule has 3 N–H and O–H groups in total. The third kappa shape index (κ3) is 4.79. The van der Waals surface area contributed by atoms with Crippen LogP contribution in [-0.2, 0) is 16.6 Å². The van der Waals surface area contributed by atoms with Crippen LogP contribution in [0.3, 0.4) is 0 Å². The number of benzene rings is 1. The fraction of sp³-hybridized carbons (Fsp3) is 0.0500. The van der Waals surface area contributed by atoms with Crippen LogP contribution in [0, 0.1) is 0 Å². The van der Waals surface area contributed by atoms with Crippen molar-refractivity contribution < 1.29 is 8.42 Å². The lowest BCUT2D eigenvalue weighted by molar-refractivity contribution is 0.597. The van der Waals surface area contributed by atoms with Crippen molar-refractivity contribution in [3.05, 3.63) is 83.5 Å². The van der Waals surface area contributed by atoms with Crippen molar-refractivity contribution in [1.29, 1.82) is 0 Å². The molecule has 0 aliphatic rings. The molecule has 0 aliphatic carbocycles. The maximum absolute atomic E-state index is 11.3. The summed E-state index contributed by atoms with van der Waals surface area (Å²) in [5, 5.41) is 16.0. The number of aromatic nitrogens is 3. The SMILES string of the molecule is NS(=O)(=O)c1ccc(N/N=C/c2cn(Cc3ccccc3)nc2-c2cccs2)nc1. The van der Waals surface area contributed by atoms with E-state index in [1.807, 2.05) is 46.6 Å². The summed E-state index contributed by atoms with van der Waals surface area (Å²) in [4.78, 5) is 4.99. The number of hydrogen-bond acceptors (Lipinski definition) is 7. The van der Waals surface area contributed by atoms with Crippen molar-refractivity contribution in [2.24, 2.45) is 10.2 Å². The highest BCUT2D eigenvalue weighted by atomic mass is 32.2. The molecule has 4 aromatic rings. The molecule has 30 heavy (non-hydrogen) atoms. The molecule has 0 amide bonds. The van der Waals surface area contributed by atoms with E-state index in [4.69, 9.17) is 10.2 Å². The third-order valence-corrected chi connectivity index (χ3v) is 5.95. The van der Waals surface area contributed by atoms with Gasteiger partial charge in [0, 0.05) is 18.0 Å². The number of nitrogens with zero attached hydrogens (tertiary/aromatic N) is 4. The third-order valence-electron chi connectivity index (χ3n) is 4.18. The second-order valence-corrected chi connectivity index (χ2v) is 8.90. The second-order valence-electron chi connectivity index (χ2n) is 6.39. The molecule has 0 bridgehead atoms. The zero-order chi connectivity index (χ0) is 21.0. The number of hydrazone groups is 1. The summed E-state index contributed by atoms with van der Waals surface area (Å²) < 4.78 is 24.5. The van der Waals surface area contributed by atoms with Crippen molar-refractivity contribution in [2.45, 2.75) is 11.4 Å². The molecular formula is C20H18N6O2S2. The van der Waals surface area contributed by atoms with E-state index in [0.717, 1.165) is 21.7 Å². The fourth-order valence-electron chi connectivity index (χ4n) is 2.77. The Hall–Kier alpha value is -3.34. The van der Waals surface area contributed by atoms with Crippen LogP contribution in [0.15, 0.2) is 82.4 Å². The first-order chi connectivity index (χ1) is 14.5. The number of primary sulfonamides is 1. The molecular weight excluding hydrogens is 420 g/mol. The molecule has 0 saturated carbocycles. The highest BCUT2D eigenvalue weighted by Gasteiger charge is 2.11. The molecule has 0 fully saturated rings. The van der Waals surface area contributed by atoms with Gasteiger partial charge in [0.25, 0.3) is 0 Å². The minimum atomic E-state index is -3.78. The first kappa shape index (κ1) is 20.0. The number of pyridine rings is 1. The predicted molar refractivity (Wildman–Crippen MR) is 118 cm³/mol. The zero-order valence-electron chi connectivity index (χ0n) is 15.7. The average molecular weight is 439 g/mol. The molecule has 0 radical (unpaired) electrons. The van der Waals surface area contributed by atoms with E-state index in [1.165, 1.54) is 18.3 Å². The Balaban J connectivity index is 1.55. The number of nitrogens with two attached hydrogens (primary N) is 1. The van der Waals surface area contributed by atoms with Crippen LogP contribution >= 0.6 is 11.3 Å². The summed E-state index contributed by atoms with van der Waals surface area (Å²) >= 11 is 1.60. The summed E-state index contributed by atoms with van der Waals surface area (Å²) in [7, 11) is -3.78. The van der Waals surface area contributed by atoms with Crippen LogP contribution in [0.2, 0.25) is 0 Å². The fourth-order valence-corrected chi connectivity index (χ4v) is 3.96. The first-order valence-corrected chi connectivity index (χ1v) is 11.3. The van der Waals surface area contributed by atoms with Crippen molar-refractivity contribution in [2.75, 3.05) is 5.43 Å². The van der Waals surface area contributed by atoms with E-state index in [9.17, 15) is 8.42 Å². The van der Waals surface area contributed by atoms with Crippen LogP contribution in [0.5, 0.6) is 0 Å². The maximum Gasteiger partial charge on any atom is 0.239 e. The second kappa shape index (κ2) is 8.57. The standard InChI is InChI=1S/C20H18N6O2S2/c21-30(27,28)17-8-9-19(22-12-17)24-23-11-16-14-26(13-15-5-2-1-3-6-15)25-20(16)18-7-4-10-29-18/h1-12,14H,13H2,(H,22,24)(H2,21,27,28)/b23-11+. The molecule has 8 nitrogen and oxygen atoms in total. The van der Waals surface area contributed by atoms with E-state index < -0.39 is 10.0 Å². The molecule has 0 unspecified atom stereocenters. The molecule has 0 atom stereocenters. The van der Waals surface area contributed by atoms with Gasteiger partial charge in [-0.05, 0) is 29.1 Å². The van der Waals surface area contributed by atoms with Crippen LogP contribution in [-0.4, -0.2) is 29.4 Å². The Kier molecular flexibility index (Phi) is 5.70. The van der Waals surface area contributed by atoms with Crippen molar-refractivity contribution >= 4 is 33.4 Å². The van der Waals surface area contributed by atoms with E-state index in [0.29, 0.717) is 12.4 Å². The highest BCUT2D eigenvalue weighted by Crippen LogP contribution is 2.26. The molecule has 0 spiro atoms. The smallest absolute Gasteiger partial charge is 0.239 e. The van der Waals surface area contributed by atoms with Gasteiger partial charge in [0.05, 0.1) is 17.6 Å². The van der Waals surface area contributed by atoms with Gasteiger partial charge in [-0.25, -0.2) is 18.5 Å². The predicted octanol–water partition coefficient (Wildman–Crippen LogP) is 3.15. The van der Waals surface area contributed by atoms with Gasteiger partial charge in [-0.1, -0.05) is 36.4 Å². The van der Waals surface area contributed by atoms with Gasteiger partial charge in [-0.15, -0.1) is 11.3 Å². The Morgan fingerprint density at radius 1 is 1.13 bits per heavy atom. The Bertz CT molecular complexity index is 1250. The van der Waals surface area contributed by atoms with Gasteiger partial charge in [0.15, 0.2) is 0 Å². The van der Waals surface area contributed by atoms with E-state index in [-0.39, 0.29) is 4.90 Å². The van der Waals surface area contributed by atoms with E-state index >= 15 is 0 Å². The Labute approximate surface area is 177 Å².